The average molecular weight is 282 g/mol. The van der Waals surface area contributed by atoms with Crippen LogP contribution >= 0.6 is 7.55 Å². The van der Waals surface area contributed by atoms with Gasteiger partial charge in [0.1, 0.15) is 0 Å². The van der Waals surface area contributed by atoms with E-state index in [-0.39, 0.29) is 25.4 Å². The van der Waals surface area contributed by atoms with Crippen LogP contribution < -0.4 is 0 Å². The van der Waals surface area contributed by atoms with Gasteiger partial charge in [0.25, 0.3) is 0 Å². The summed E-state index contributed by atoms with van der Waals surface area (Å²) in [4.78, 5) is 14.3. The van der Waals surface area contributed by atoms with E-state index < -0.39 is 0 Å². The molecule has 0 N–H and O–H groups in total. The fourth-order valence-corrected chi connectivity index (χ4v) is 3.48. The molecule has 19 heavy (non-hydrogen) atoms. The molecule has 0 saturated carbocycles. The maximum absolute atomic E-state index is 11.9. The molecule has 1 rings (SSSR count). The van der Waals surface area contributed by atoms with Gasteiger partial charge in [0.05, 0.1) is 33.5 Å². The van der Waals surface area contributed by atoms with Crippen LogP contribution in [-0.4, -0.2) is 50.3 Å². The first kappa shape index (κ1) is 16.1. The van der Waals surface area contributed by atoms with Crippen molar-refractivity contribution in [3.63, 3.8) is 0 Å². The Bertz CT molecular complexity index is 401. The van der Waals surface area contributed by atoms with E-state index in [0.29, 0.717) is 0 Å². The summed E-state index contributed by atoms with van der Waals surface area (Å²) < 4.78 is 4.95. The van der Waals surface area contributed by atoms with Gasteiger partial charge in [0.15, 0.2) is 6.29 Å². The molecular weight excluding hydrogens is 257 g/mol. The molecular formula is C15H25NO2P+. The lowest BCUT2D eigenvalue weighted by Gasteiger charge is -2.16. The SMILES string of the molecule is C=[P+](C)CN1CC(C(=O)OC)C(C(C)=CC=CC)C1. The lowest BCUT2D eigenvalue weighted by molar-refractivity contribution is -0.145. The first-order chi connectivity index (χ1) is 8.99. The molecule has 1 heterocycles. The van der Waals surface area contributed by atoms with Gasteiger partial charge in [0, 0.05) is 19.0 Å². The second-order valence-corrected chi connectivity index (χ2v) is 7.20. The number of rotatable bonds is 5. The molecule has 4 heteroatoms. The third-order valence-electron chi connectivity index (χ3n) is 3.48. The summed E-state index contributed by atoms with van der Waals surface area (Å²) in [6, 6.07) is 0. The minimum Gasteiger partial charge on any atom is -0.469 e. The fraction of sp³-hybridized carbons (Fsp3) is 0.600. The summed E-state index contributed by atoms with van der Waals surface area (Å²) in [5, 5.41) is 0. The van der Waals surface area contributed by atoms with Crippen molar-refractivity contribution in [2.75, 3.05) is 33.1 Å². The molecule has 0 bridgehead atoms. The third-order valence-corrected chi connectivity index (χ3v) is 4.36. The summed E-state index contributed by atoms with van der Waals surface area (Å²) in [6.07, 6.45) is 11.2. The van der Waals surface area contributed by atoms with Gasteiger partial charge >= 0.3 is 5.97 Å². The summed E-state index contributed by atoms with van der Waals surface area (Å²) in [6.45, 7) is 7.99. The smallest absolute Gasteiger partial charge is 0.310 e. The second kappa shape index (κ2) is 7.62. The van der Waals surface area contributed by atoms with Gasteiger partial charge < -0.3 is 4.74 Å². The molecule has 0 aromatic carbocycles. The summed E-state index contributed by atoms with van der Waals surface area (Å²) in [7, 11) is 1.26. The second-order valence-electron chi connectivity index (χ2n) is 5.21. The lowest BCUT2D eigenvalue weighted by Crippen LogP contribution is -2.25. The molecule has 3 unspecified atom stereocenters. The Hall–Kier alpha value is -0.920. The van der Waals surface area contributed by atoms with Crippen LogP contribution in [0.25, 0.3) is 0 Å². The molecule has 0 amide bonds. The predicted molar refractivity (Wildman–Crippen MR) is 84.0 cm³/mol. The van der Waals surface area contributed by atoms with Gasteiger partial charge in [-0.2, -0.15) is 0 Å². The Morgan fingerprint density at radius 1 is 1.47 bits per heavy atom. The van der Waals surface area contributed by atoms with E-state index in [4.69, 9.17) is 4.74 Å². The van der Waals surface area contributed by atoms with Crippen molar-refractivity contribution >= 4 is 19.8 Å². The molecule has 0 aromatic heterocycles. The normalized spacial score (nSPS) is 25.9. The highest BCUT2D eigenvalue weighted by Gasteiger charge is 2.39. The Balaban J connectivity index is 2.85. The standard InChI is InChI=1S/C15H25NO2P/c1-6-7-8-12(2)13-9-16(11-19(4)5)10-14(13)15(17)18-3/h6-8,13-14H,4,9-11H2,1-3,5H3/q+1. The highest BCUT2D eigenvalue weighted by molar-refractivity contribution is 7.54. The highest BCUT2D eigenvalue weighted by atomic mass is 31.1. The minimum atomic E-state index is -0.213. The van der Waals surface area contributed by atoms with E-state index in [9.17, 15) is 4.79 Å². The van der Waals surface area contributed by atoms with Crippen molar-refractivity contribution in [1.29, 1.82) is 0 Å². The molecule has 0 aromatic rings. The van der Waals surface area contributed by atoms with Gasteiger partial charge in [-0.05, 0) is 13.8 Å². The van der Waals surface area contributed by atoms with Gasteiger partial charge in [-0.1, -0.05) is 23.8 Å². The van der Waals surface area contributed by atoms with E-state index in [0.717, 1.165) is 19.4 Å². The maximum Gasteiger partial charge on any atom is 0.310 e. The van der Waals surface area contributed by atoms with E-state index in [1.165, 1.54) is 12.7 Å². The highest BCUT2D eigenvalue weighted by Crippen LogP contribution is 2.32. The van der Waals surface area contributed by atoms with Crippen LogP contribution in [0.3, 0.4) is 0 Å². The first-order valence-electron chi connectivity index (χ1n) is 6.60. The number of allylic oxidation sites excluding steroid dienone is 3. The molecule has 1 aliphatic heterocycles. The van der Waals surface area contributed by atoms with Crippen molar-refractivity contribution in [3.8, 4) is 0 Å². The summed E-state index contributed by atoms with van der Waals surface area (Å²) in [5.41, 5.74) is 1.25. The zero-order chi connectivity index (χ0) is 14.4. The van der Waals surface area contributed by atoms with E-state index >= 15 is 0 Å². The number of likely N-dealkylation sites (tertiary alicyclic amines) is 1. The van der Waals surface area contributed by atoms with Crippen LogP contribution in [0.15, 0.2) is 23.8 Å². The molecule has 1 fully saturated rings. The van der Waals surface area contributed by atoms with Gasteiger partial charge in [-0.25, -0.2) is 0 Å². The monoisotopic (exact) mass is 282 g/mol. The number of hydrogen-bond donors (Lipinski definition) is 0. The maximum atomic E-state index is 11.9. The molecule has 3 atom stereocenters. The Kier molecular flexibility index (Phi) is 6.47. The van der Waals surface area contributed by atoms with E-state index in [1.807, 2.05) is 19.1 Å². The van der Waals surface area contributed by atoms with Crippen LogP contribution in [0.4, 0.5) is 0 Å². The molecule has 0 aliphatic carbocycles. The molecule has 0 spiro atoms. The molecule has 0 radical (unpaired) electrons. The molecule has 1 aliphatic rings. The third kappa shape index (κ3) is 4.59. The molecule has 1 saturated heterocycles. The number of esters is 1. The van der Waals surface area contributed by atoms with Crippen LogP contribution in [0.2, 0.25) is 0 Å². The Morgan fingerprint density at radius 2 is 2.11 bits per heavy atom. The van der Waals surface area contributed by atoms with Crippen molar-refractivity contribution in [1.82, 2.24) is 4.90 Å². The number of hydrogen-bond acceptors (Lipinski definition) is 3. The van der Waals surface area contributed by atoms with Crippen LogP contribution in [0.5, 0.6) is 0 Å². The number of carbonyl (C=O) groups is 1. The number of methoxy groups -OCH3 is 1. The summed E-state index contributed by atoms with van der Waals surface area (Å²) >= 11 is 0. The molecule has 106 valence electrons. The zero-order valence-electron chi connectivity index (χ0n) is 12.4. The van der Waals surface area contributed by atoms with Crippen LogP contribution in [-0.2, 0) is 9.53 Å². The topological polar surface area (TPSA) is 29.5 Å². The van der Waals surface area contributed by atoms with Crippen molar-refractivity contribution in [3.05, 3.63) is 23.8 Å². The zero-order valence-corrected chi connectivity index (χ0v) is 13.3. The first-order valence-corrected chi connectivity index (χ1v) is 8.76. The van der Waals surface area contributed by atoms with Crippen LogP contribution in [0, 0.1) is 11.8 Å². The quantitative estimate of drug-likeness (QED) is 0.441. The Morgan fingerprint density at radius 3 is 2.63 bits per heavy atom. The van der Waals surface area contributed by atoms with Gasteiger partial charge in [-0.3, -0.25) is 9.69 Å². The molecule has 3 nitrogen and oxygen atoms in total. The largest absolute Gasteiger partial charge is 0.469 e. The minimum absolute atomic E-state index is 0.0403. The average Bonchev–Trinajstić information content (AvgIpc) is 2.77. The fourth-order valence-electron chi connectivity index (χ4n) is 2.57. The van der Waals surface area contributed by atoms with Crippen molar-refractivity contribution in [2.45, 2.75) is 13.8 Å². The number of nitrogens with zero attached hydrogens (tertiary/aromatic N) is 1. The Labute approximate surface area is 117 Å². The predicted octanol–water partition coefficient (Wildman–Crippen LogP) is 2.73. The van der Waals surface area contributed by atoms with Crippen LogP contribution in [0.1, 0.15) is 13.8 Å². The van der Waals surface area contributed by atoms with Crippen molar-refractivity contribution in [2.24, 2.45) is 11.8 Å². The summed E-state index contributed by atoms with van der Waals surface area (Å²) in [5.74, 6) is 0.130. The number of ether oxygens (including phenoxy) is 1. The lowest BCUT2D eigenvalue weighted by atomic mass is 9.89. The van der Waals surface area contributed by atoms with Gasteiger partial charge in [-0.15, -0.1) is 0 Å². The van der Waals surface area contributed by atoms with E-state index in [2.05, 4.69) is 30.9 Å². The number of carbonyl (C=O) groups excluding carboxylic acids is 1. The van der Waals surface area contributed by atoms with Crippen molar-refractivity contribution < 1.29 is 9.53 Å². The van der Waals surface area contributed by atoms with Gasteiger partial charge in [0.2, 0.25) is 0 Å². The van der Waals surface area contributed by atoms with E-state index in [1.54, 1.807) is 0 Å².